The summed E-state index contributed by atoms with van der Waals surface area (Å²) in [6, 6.07) is 13.0. The molecule has 0 saturated heterocycles. The van der Waals surface area contributed by atoms with Gasteiger partial charge in [-0.1, -0.05) is 19.1 Å². The van der Waals surface area contributed by atoms with E-state index in [1.54, 1.807) is 36.4 Å². The molecule has 0 aliphatic carbocycles. The Kier molecular flexibility index (Phi) is 6.55. The van der Waals surface area contributed by atoms with E-state index in [-0.39, 0.29) is 10.8 Å². The van der Waals surface area contributed by atoms with Crippen LogP contribution in [0, 0.1) is 0 Å². The SMILES string of the molecule is CCCNS(=O)(=O)c1ccc(NC(=O)c2ccccc2OCC)cc1. The van der Waals surface area contributed by atoms with Crippen LogP contribution in [0.2, 0.25) is 0 Å². The van der Waals surface area contributed by atoms with E-state index in [2.05, 4.69) is 10.0 Å². The number of anilines is 1. The van der Waals surface area contributed by atoms with E-state index in [4.69, 9.17) is 4.74 Å². The first-order valence-electron chi connectivity index (χ1n) is 8.10. The molecule has 0 aromatic heterocycles. The van der Waals surface area contributed by atoms with Gasteiger partial charge in [-0.05, 0) is 49.7 Å². The van der Waals surface area contributed by atoms with E-state index < -0.39 is 10.0 Å². The molecule has 0 aliphatic rings. The van der Waals surface area contributed by atoms with Gasteiger partial charge in [-0.15, -0.1) is 0 Å². The Morgan fingerprint density at radius 2 is 1.72 bits per heavy atom. The maximum absolute atomic E-state index is 12.4. The number of benzene rings is 2. The van der Waals surface area contributed by atoms with Crippen LogP contribution in [0.5, 0.6) is 5.75 Å². The molecule has 2 N–H and O–H groups in total. The van der Waals surface area contributed by atoms with Crippen molar-refractivity contribution in [1.29, 1.82) is 0 Å². The van der Waals surface area contributed by atoms with Gasteiger partial charge in [0.2, 0.25) is 10.0 Å². The molecule has 2 rings (SSSR count). The highest BCUT2D eigenvalue weighted by Gasteiger charge is 2.15. The van der Waals surface area contributed by atoms with Crippen molar-refractivity contribution >= 4 is 21.6 Å². The summed E-state index contributed by atoms with van der Waals surface area (Å²) in [4.78, 5) is 12.6. The molecule has 0 radical (unpaired) electrons. The van der Waals surface area contributed by atoms with E-state index in [0.29, 0.717) is 36.6 Å². The molecule has 25 heavy (non-hydrogen) atoms. The number of rotatable bonds is 8. The molecule has 0 atom stereocenters. The second-order valence-electron chi connectivity index (χ2n) is 5.31. The number of sulfonamides is 1. The average Bonchev–Trinajstić information content (AvgIpc) is 2.61. The highest BCUT2D eigenvalue weighted by molar-refractivity contribution is 7.89. The van der Waals surface area contributed by atoms with Gasteiger partial charge in [-0.25, -0.2) is 13.1 Å². The van der Waals surface area contributed by atoms with Gasteiger partial charge < -0.3 is 10.1 Å². The molecule has 1 amide bonds. The van der Waals surface area contributed by atoms with Crippen LogP contribution >= 0.6 is 0 Å². The van der Waals surface area contributed by atoms with Crippen LogP contribution < -0.4 is 14.8 Å². The number of ether oxygens (including phenoxy) is 1. The second-order valence-corrected chi connectivity index (χ2v) is 7.07. The third-order valence-corrected chi connectivity index (χ3v) is 4.87. The molecular weight excluding hydrogens is 340 g/mol. The zero-order valence-corrected chi connectivity index (χ0v) is 15.1. The van der Waals surface area contributed by atoms with Crippen LogP contribution in [0.1, 0.15) is 30.6 Å². The molecule has 134 valence electrons. The van der Waals surface area contributed by atoms with Crippen LogP contribution in [-0.2, 0) is 10.0 Å². The minimum absolute atomic E-state index is 0.161. The summed E-state index contributed by atoms with van der Waals surface area (Å²) < 4.78 is 32.0. The van der Waals surface area contributed by atoms with Crippen LogP contribution in [0.25, 0.3) is 0 Å². The van der Waals surface area contributed by atoms with Gasteiger partial charge in [0.25, 0.3) is 5.91 Å². The Labute approximate surface area is 148 Å². The molecule has 2 aromatic rings. The van der Waals surface area contributed by atoms with Gasteiger partial charge in [0.15, 0.2) is 0 Å². The third kappa shape index (κ3) is 5.04. The number of carbonyl (C=O) groups is 1. The van der Waals surface area contributed by atoms with Gasteiger partial charge >= 0.3 is 0 Å². The predicted molar refractivity (Wildman–Crippen MR) is 97.5 cm³/mol. The Bertz CT molecular complexity index is 817. The van der Waals surface area contributed by atoms with Crippen molar-refractivity contribution in [3.8, 4) is 5.75 Å². The topological polar surface area (TPSA) is 84.5 Å². The number of para-hydroxylation sites is 1. The van der Waals surface area contributed by atoms with E-state index in [9.17, 15) is 13.2 Å². The normalized spacial score (nSPS) is 11.1. The lowest BCUT2D eigenvalue weighted by molar-refractivity contribution is 0.102. The summed E-state index contributed by atoms with van der Waals surface area (Å²) >= 11 is 0. The second kappa shape index (κ2) is 8.64. The van der Waals surface area contributed by atoms with Crippen LogP contribution in [0.3, 0.4) is 0 Å². The largest absolute Gasteiger partial charge is 0.493 e. The highest BCUT2D eigenvalue weighted by atomic mass is 32.2. The fourth-order valence-corrected chi connectivity index (χ4v) is 3.31. The number of carbonyl (C=O) groups excluding carboxylic acids is 1. The maximum Gasteiger partial charge on any atom is 0.259 e. The Morgan fingerprint density at radius 3 is 2.36 bits per heavy atom. The Morgan fingerprint density at radius 1 is 1.04 bits per heavy atom. The summed E-state index contributed by atoms with van der Waals surface area (Å²) in [5.74, 6) is 0.189. The van der Waals surface area contributed by atoms with Gasteiger partial charge in [0.05, 0.1) is 17.1 Å². The van der Waals surface area contributed by atoms with Crippen molar-refractivity contribution in [2.45, 2.75) is 25.2 Å². The van der Waals surface area contributed by atoms with Crippen molar-refractivity contribution in [2.75, 3.05) is 18.5 Å². The summed E-state index contributed by atoms with van der Waals surface area (Å²) in [5, 5.41) is 2.74. The summed E-state index contributed by atoms with van der Waals surface area (Å²) in [5.41, 5.74) is 0.927. The zero-order valence-electron chi connectivity index (χ0n) is 14.3. The molecule has 0 saturated carbocycles. The van der Waals surface area contributed by atoms with Crippen LogP contribution in [-0.4, -0.2) is 27.5 Å². The molecule has 6 nitrogen and oxygen atoms in total. The molecule has 0 spiro atoms. The lowest BCUT2D eigenvalue weighted by Gasteiger charge is -2.11. The minimum atomic E-state index is -3.52. The van der Waals surface area contributed by atoms with E-state index in [0.717, 1.165) is 0 Å². The first-order valence-corrected chi connectivity index (χ1v) is 9.59. The summed E-state index contributed by atoms with van der Waals surface area (Å²) in [7, 11) is -3.52. The van der Waals surface area contributed by atoms with Crippen molar-refractivity contribution in [3.63, 3.8) is 0 Å². The minimum Gasteiger partial charge on any atom is -0.493 e. The Hall–Kier alpha value is -2.38. The van der Waals surface area contributed by atoms with Gasteiger partial charge in [0.1, 0.15) is 5.75 Å². The molecule has 0 fully saturated rings. The standard InChI is InChI=1S/C18H22N2O4S/c1-3-13-19-25(22,23)15-11-9-14(10-12-15)20-18(21)16-7-5-6-8-17(16)24-4-2/h5-12,19H,3-4,13H2,1-2H3,(H,20,21). The molecule has 0 heterocycles. The number of amides is 1. The third-order valence-electron chi connectivity index (χ3n) is 3.40. The fourth-order valence-electron chi connectivity index (χ4n) is 2.17. The fraction of sp³-hybridized carbons (Fsp3) is 0.278. The summed E-state index contributed by atoms with van der Waals surface area (Å²) in [6.07, 6.45) is 0.715. The molecule has 2 aromatic carbocycles. The molecule has 0 unspecified atom stereocenters. The number of hydrogen-bond donors (Lipinski definition) is 2. The molecule has 7 heteroatoms. The van der Waals surface area contributed by atoms with Gasteiger partial charge in [-0.3, -0.25) is 4.79 Å². The van der Waals surface area contributed by atoms with E-state index >= 15 is 0 Å². The lowest BCUT2D eigenvalue weighted by atomic mass is 10.2. The molecular formula is C18H22N2O4S. The molecule has 0 bridgehead atoms. The van der Waals surface area contributed by atoms with Gasteiger partial charge in [0, 0.05) is 12.2 Å². The lowest BCUT2D eigenvalue weighted by Crippen LogP contribution is -2.24. The first kappa shape index (κ1) is 19.0. The molecule has 0 aliphatic heterocycles. The van der Waals surface area contributed by atoms with Crippen molar-refractivity contribution in [2.24, 2.45) is 0 Å². The van der Waals surface area contributed by atoms with Crippen LogP contribution in [0.15, 0.2) is 53.4 Å². The quantitative estimate of drug-likeness (QED) is 0.756. The number of nitrogens with one attached hydrogen (secondary N) is 2. The summed E-state index contributed by atoms with van der Waals surface area (Å²) in [6.45, 7) is 4.58. The predicted octanol–water partition coefficient (Wildman–Crippen LogP) is 3.03. The highest BCUT2D eigenvalue weighted by Crippen LogP contribution is 2.20. The smallest absolute Gasteiger partial charge is 0.259 e. The van der Waals surface area contributed by atoms with Crippen molar-refractivity contribution < 1.29 is 17.9 Å². The first-order chi connectivity index (χ1) is 12.0. The Balaban J connectivity index is 2.13. The monoisotopic (exact) mass is 362 g/mol. The zero-order chi connectivity index (χ0) is 18.3. The van der Waals surface area contributed by atoms with Crippen molar-refractivity contribution in [1.82, 2.24) is 4.72 Å². The average molecular weight is 362 g/mol. The van der Waals surface area contributed by atoms with E-state index in [1.165, 1.54) is 12.1 Å². The number of hydrogen-bond acceptors (Lipinski definition) is 4. The van der Waals surface area contributed by atoms with Gasteiger partial charge in [-0.2, -0.15) is 0 Å². The van der Waals surface area contributed by atoms with E-state index in [1.807, 2.05) is 13.8 Å². The van der Waals surface area contributed by atoms with Crippen LogP contribution in [0.4, 0.5) is 5.69 Å². The van der Waals surface area contributed by atoms with Crippen molar-refractivity contribution in [3.05, 3.63) is 54.1 Å². The maximum atomic E-state index is 12.4.